The molecule has 0 aliphatic carbocycles. The summed E-state index contributed by atoms with van der Waals surface area (Å²) in [6, 6.07) is 35.6. The summed E-state index contributed by atoms with van der Waals surface area (Å²) in [5.41, 5.74) is 32.1. The highest BCUT2D eigenvalue weighted by molar-refractivity contribution is 6.23. The standard InChI is InChI=1S/C60H66F3N9O10/c61-60(62,63)56(81)82-48-18-6-3-15-45(48)52(77)59(69,33-9-12-36-66)55(80)72-42-29-23-39(24-30-42)49(37-19-25-40(26-20-37)70-53(78)57(67,31-7-10-34-64)50(75)43-13-1-4-16-46(43)73)38-21-27-41(28-22-38)71-54(79)58(68,32-8-11-35-65)51(76)44-14-2-5-17-47(44)74/h1-6,13-30,49,73-74H,7-12,31-36,64-69H2,(H,70,78)(H,71,79)(H,72,80)/t57-,58-,59-/m0/s1. The molecule has 0 aliphatic heterocycles. The number of para-hydroxylation sites is 3. The molecule has 82 heavy (non-hydrogen) atoms. The van der Waals surface area contributed by atoms with Crippen LogP contribution in [0.15, 0.2) is 146 Å². The molecule has 19 nitrogen and oxygen atoms in total. The highest BCUT2D eigenvalue weighted by Gasteiger charge is 2.47. The number of phenols is 2. The normalized spacial score (nSPS) is 13.6. The van der Waals surface area contributed by atoms with Gasteiger partial charge in [-0.05, 0) is 167 Å². The van der Waals surface area contributed by atoms with Gasteiger partial charge >= 0.3 is 12.1 Å². The van der Waals surface area contributed by atoms with Crippen LogP contribution in [0.2, 0.25) is 0 Å². The first-order valence-electron chi connectivity index (χ1n) is 26.3. The van der Waals surface area contributed by atoms with Crippen molar-refractivity contribution in [2.75, 3.05) is 35.6 Å². The van der Waals surface area contributed by atoms with E-state index in [1.165, 1.54) is 72.8 Å². The van der Waals surface area contributed by atoms with Gasteiger partial charge in [-0.25, -0.2) is 4.79 Å². The highest BCUT2D eigenvalue weighted by atomic mass is 19.4. The monoisotopic (exact) mass is 1130 g/mol. The third-order valence-electron chi connectivity index (χ3n) is 13.9. The lowest BCUT2D eigenvalue weighted by Gasteiger charge is -2.28. The fourth-order valence-corrected chi connectivity index (χ4v) is 9.17. The number of phenolic OH excluding ortho intramolecular Hbond substituents is 2. The first-order valence-corrected chi connectivity index (χ1v) is 26.3. The number of carbonyl (C=O) groups excluding carboxylic acids is 7. The molecule has 6 aromatic rings. The van der Waals surface area contributed by atoms with E-state index in [1.807, 2.05) is 0 Å². The van der Waals surface area contributed by atoms with Crippen molar-refractivity contribution in [1.82, 2.24) is 0 Å². The number of hydrogen-bond acceptors (Lipinski definition) is 16. The third kappa shape index (κ3) is 14.8. The molecule has 0 saturated carbocycles. The second kappa shape index (κ2) is 27.7. The summed E-state index contributed by atoms with van der Waals surface area (Å²) in [7, 11) is 0. The summed E-state index contributed by atoms with van der Waals surface area (Å²) < 4.78 is 44.2. The molecule has 0 heterocycles. The van der Waals surface area contributed by atoms with Gasteiger partial charge in [-0.1, -0.05) is 72.8 Å². The van der Waals surface area contributed by atoms with Gasteiger partial charge in [-0.3, -0.25) is 28.8 Å². The number of aromatic hydroxyl groups is 2. The molecule has 0 aromatic heterocycles. The van der Waals surface area contributed by atoms with Crippen molar-refractivity contribution in [3.8, 4) is 17.2 Å². The Balaban J connectivity index is 1.34. The zero-order valence-corrected chi connectivity index (χ0v) is 44.7. The molecule has 0 radical (unpaired) electrons. The molecule has 6 rings (SSSR count). The summed E-state index contributed by atoms with van der Waals surface area (Å²) in [4.78, 5) is 96.0. The number of carbonyl (C=O) groups is 7. The molecule has 22 heteroatoms. The number of nitrogens with two attached hydrogens (primary N) is 6. The van der Waals surface area contributed by atoms with Crippen molar-refractivity contribution in [3.05, 3.63) is 179 Å². The van der Waals surface area contributed by atoms with Crippen LogP contribution in [0.5, 0.6) is 17.2 Å². The Bertz CT molecular complexity index is 3120. The van der Waals surface area contributed by atoms with E-state index in [0.29, 0.717) is 48.8 Å². The summed E-state index contributed by atoms with van der Waals surface area (Å²) >= 11 is 0. The number of alkyl halides is 3. The first kappa shape index (κ1) is 62.6. The number of ether oxygens (including phenoxy) is 1. The maximum atomic E-state index is 14.2. The van der Waals surface area contributed by atoms with Crippen molar-refractivity contribution in [1.29, 1.82) is 0 Å². The van der Waals surface area contributed by atoms with Crippen LogP contribution in [0.1, 0.15) is 111 Å². The SMILES string of the molecule is NCCCC[C@@](N)(C(=O)Nc1ccc(C(c2ccc(NC(=O)[C@](N)(CCCCN)C(=O)c3ccccc3O)cc2)c2ccc(NC(=O)[C@](N)(CCCCN)C(=O)c3ccccc3OC(=O)C(F)(F)F)cc2)cc1)C(=O)c1ccccc1O. The summed E-state index contributed by atoms with van der Waals surface area (Å²) in [5, 5.41) is 29.2. The predicted molar refractivity (Wildman–Crippen MR) is 303 cm³/mol. The van der Waals surface area contributed by atoms with Gasteiger partial charge in [0.25, 0.3) is 17.7 Å². The molecule has 0 fully saturated rings. The molecule has 3 amide bonds. The number of ketones is 3. The summed E-state index contributed by atoms with van der Waals surface area (Å²) in [6.07, 6.45) is -3.81. The quantitative estimate of drug-likeness (QED) is 0.00608. The fourth-order valence-electron chi connectivity index (χ4n) is 9.17. The highest BCUT2D eigenvalue weighted by Crippen LogP contribution is 2.36. The molecular weight excluding hydrogens is 1060 g/mol. The molecule has 17 N–H and O–H groups in total. The van der Waals surface area contributed by atoms with Crippen molar-refractivity contribution in [3.63, 3.8) is 0 Å². The minimum atomic E-state index is -5.40. The molecule has 6 aromatic carbocycles. The average Bonchev–Trinajstić information content (AvgIpc) is 3.46. The van der Waals surface area contributed by atoms with E-state index in [-0.39, 0.29) is 85.0 Å². The van der Waals surface area contributed by atoms with E-state index in [2.05, 4.69) is 20.7 Å². The zero-order valence-electron chi connectivity index (χ0n) is 44.7. The van der Waals surface area contributed by atoms with Crippen LogP contribution in [0, 0.1) is 0 Å². The number of amides is 3. The van der Waals surface area contributed by atoms with Gasteiger partial charge in [-0.2, -0.15) is 13.2 Å². The molecular formula is C60H66F3N9O10. The maximum Gasteiger partial charge on any atom is 0.491 e. The number of hydrogen-bond donors (Lipinski definition) is 11. The Kier molecular flexibility index (Phi) is 21.1. The van der Waals surface area contributed by atoms with E-state index in [4.69, 9.17) is 34.4 Å². The molecule has 0 aliphatic rings. The lowest BCUT2D eigenvalue weighted by Crippen LogP contribution is -2.57. The molecule has 432 valence electrons. The van der Waals surface area contributed by atoms with Crippen LogP contribution in [-0.2, 0) is 19.2 Å². The second-order valence-electron chi connectivity index (χ2n) is 19.7. The number of benzene rings is 6. The number of anilines is 3. The maximum absolute atomic E-state index is 14.2. The minimum Gasteiger partial charge on any atom is -0.507 e. The van der Waals surface area contributed by atoms with Crippen molar-refractivity contribution in [2.24, 2.45) is 34.4 Å². The number of nitrogens with one attached hydrogen (secondary N) is 3. The Morgan fingerprint density at radius 3 is 1.02 bits per heavy atom. The lowest BCUT2D eigenvalue weighted by molar-refractivity contribution is -0.189. The number of rotatable bonds is 28. The van der Waals surface area contributed by atoms with Crippen molar-refractivity contribution < 1.29 is 61.7 Å². The van der Waals surface area contributed by atoms with E-state index >= 15 is 0 Å². The number of halogens is 3. The molecule has 0 bridgehead atoms. The second-order valence-corrected chi connectivity index (χ2v) is 19.7. The van der Waals surface area contributed by atoms with Crippen LogP contribution in [0.4, 0.5) is 30.2 Å². The minimum absolute atomic E-state index is 0.0863. The smallest absolute Gasteiger partial charge is 0.491 e. The van der Waals surface area contributed by atoms with Gasteiger partial charge in [-0.15, -0.1) is 0 Å². The Hall–Kier alpha value is -8.64. The molecule has 0 saturated heterocycles. The van der Waals surface area contributed by atoms with Crippen molar-refractivity contribution >= 4 is 58.1 Å². The molecule has 3 atom stereocenters. The topological polar surface area (TPSA) is 361 Å². The largest absolute Gasteiger partial charge is 0.507 e. The van der Waals surface area contributed by atoms with Gasteiger partial charge in [0.15, 0.2) is 34.0 Å². The van der Waals surface area contributed by atoms with E-state index in [9.17, 15) is 56.9 Å². The van der Waals surface area contributed by atoms with Gasteiger partial charge in [0.05, 0.1) is 16.7 Å². The predicted octanol–water partition coefficient (Wildman–Crippen LogP) is 6.69. The van der Waals surface area contributed by atoms with Crippen molar-refractivity contribution in [2.45, 2.75) is 86.5 Å². The van der Waals surface area contributed by atoms with E-state index < -0.39 is 81.1 Å². The Labute approximate surface area is 470 Å². The number of Topliss-reactive ketones (excluding diaryl/α,β-unsaturated/α-hetero) is 3. The Morgan fingerprint density at radius 1 is 0.427 bits per heavy atom. The summed E-state index contributed by atoms with van der Waals surface area (Å²) in [5.74, 6) is -10.1. The molecule has 0 unspecified atom stereocenters. The fraction of sp³-hybridized carbons (Fsp3) is 0.283. The van der Waals surface area contributed by atoms with Gasteiger partial charge in [0, 0.05) is 23.0 Å². The lowest BCUT2D eigenvalue weighted by atomic mass is 9.83. The van der Waals surface area contributed by atoms with E-state index in [0.717, 1.165) is 12.1 Å². The third-order valence-corrected chi connectivity index (χ3v) is 13.9. The van der Waals surface area contributed by atoms with Gasteiger partial charge < -0.3 is 65.3 Å². The molecule has 0 spiro atoms. The van der Waals surface area contributed by atoms with Gasteiger partial charge in [0.1, 0.15) is 17.2 Å². The van der Waals surface area contributed by atoms with Crippen LogP contribution in [-0.4, -0.2) is 93.7 Å². The zero-order chi connectivity index (χ0) is 59.8. The van der Waals surface area contributed by atoms with E-state index in [1.54, 1.807) is 60.7 Å². The first-order chi connectivity index (χ1) is 39.0. The van der Waals surface area contributed by atoms with Crippen LogP contribution in [0.3, 0.4) is 0 Å². The summed E-state index contributed by atoms with van der Waals surface area (Å²) in [6.45, 7) is 0.736. The van der Waals surface area contributed by atoms with Crippen LogP contribution < -0.4 is 55.1 Å². The average molecular weight is 1130 g/mol. The Morgan fingerprint density at radius 2 is 0.720 bits per heavy atom. The van der Waals surface area contributed by atoms with Crippen LogP contribution >= 0.6 is 0 Å². The van der Waals surface area contributed by atoms with Crippen LogP contribution in [0.25, 0.3) is 0 Å². The number of esters is 1. The van der Waals surface area contributed by atoms with Gasteiger partial charge in [0.2, 0.25) is 0 Å². The number of unbranched alkanes of at least 4 members (excludes halogenated alkanes) is 3.